The van der Waals surface area contributed by atoms with Crippen LogP contribution in [0.5, 0.6) is 0 Å². The molecule has 1 spiro atoms. The Labute approximate surface area is 100 Å². The fourth-order valence-corrected chi connectivity index (χ4v) is 2.73. The fraction of sp³-hybridized carbons (Fsp3) is 0.818. The van der Waals surface area contributed by atoms with Crippen LogP contribution in [0.25, 0.3) is 0 Å². The lowest BCUT2D eigenvalue weighted by molar-refractivity contribution is -0.132. The minimum absolute atomic E-state index is 0.0787. The molecule has 2 aliphatic rings. The van der Waals surface area contributed by atoms with Gasteiger partial charge in [0.25, 0.3) is 5.91 Å². The number of halogens is 1. The van der Waals surface area contributed by atoms with Crippen LogP contribution in [0, 0.1) is 5.92 Å². The Morgan fingerprint density at radius 2 is 2.06 bits per heavy atom. The average Bonchev–Trinajstić information content (AvgIpc) is 2.49. The summed E-state index contributed by atoms with van der Waals surface area (Å²) in [4.78, 5) is 25.1. The highest BCUT2D eigenvalue weighted by molar-refractivity contribution is 6.18. The van der Waals surface area contributed by atoms with Crippen LogP contribution in [-0.2, 0) is 4.79 Å². The van der Waals surface area contributed by atoms with E-state index in [-0.39, 0.29) is 11.9 Å². The zero-order chi connectivity index (χ0) is 11.8. The largest absolute Gasteiger partial charge is 0.325 e. The number of urea groups is 1. The van der Waals surface area contributed by atoms with Crippen molar-refractivity contribution < 1.29 is 9.59 Å². The van der Waals surface area contributed by atoms with E-state index in [1.807, 2.05) is 0 Å². The molecule has 5 heteroatoms. The molecule has 1 N–H and O–H groups in total. The van der Waals surface area contributed by atoms with Crippen LogP contribution < -0.4 is 5.32 Å². The van der Waals surface area contributed by atoms with Gasteiger partial charge in [-0.25, -0.2) is 4.79 Å². The van der Waals surface area contributed by atoms with Gasteiger partial charge >= 0.3 is 6.03 Å². The van der Waals surface area contributed by atoms with Crippen LogP contribution in [0.3, 0.4) is 0 Å². The Hall–Kier alpha value is -0.770. The number of rotatable bonds is 2. The summed E-state index contributed by atoms with van der Waals surface area (Å²) in [6, 6.07) is -0.278. The third-order valence-electron chi connectivity index (χ3n) is 3.68. The van der Waals surface area contributed by atoms with Gasteiger partial charge in [-0.3, -0.25) is 9.69 Å². The average molecular weight is 245 g/mol. The van der Waals surface area contributed by atoms with Crippen molar-refractivity contribution >= 4 is 23.5 Å². The summed E-state index contributed by atoms with van der Waals surface area (Å²) < 4.78 is 0. The van der Waals surface area contributed by atoms with Gasteiger partial charge in [0.2, 0.25) is 0 Å². The molecule has 0 aromatic carbocycles. The lowest BCUT2D eigenvalue weighted by Crippen LogP contribution is -2.49. The SMILES string of the molecule is CC1CCC2(CC1)NC(=O)N(CCCl)C2=O. The number of carbonyl (C=O) groups is 2. The summed E-state index contributed by atoms with van der Waals surface area (Å²) in [6.07, 6.45) is 3.52. The highest BCUT2D eigenvalue weighted by atomic mass is 35.5. The summed E-state index contributed by atoms with van der Waals surface area (Å²) in [5.74, 6) is 0.869. The van der Waals surface area contributed by atoms with Gasteiger partial charge < -0.3 is 5.32 Å². The van der Waals surface area contributed by atoms with Crippen molar-refractivity contribution in [2.24, 2.45) is 5.92 Å². The number of imide groups is 1. The van der Waals surface area contributed by atoms with E-state index in [9.17, 15) is 9.59 Å². The minimum Gasteiger partial charge on any atom is -0.323 e. The van der Waals surface area contributed by atoms with E-state index in [4.69, 9.17) is 11.6 Å². The van der Waals surface area contributed by atoms with E-state index in [2.05, 4.69) is 12.2 Å². The molecule has 1 saturated carbocycles. The normalized spacial score (nSPS) is 34.6. The number of hydrogen-bond acceptors (Lipinski definition) is 2. The Kier molecular flexibility index (Phi) is 3.10. The molecule has 2 fully saturated rings. The van der Waals surface area contributed by atoms with Crippen LogP contribution in [0.1, 0.15) is 32.6 Å². The highest BCUT2D eigenvalue weighted by Crippen LogP contribution is 2.36. The van der Waals surface area contributed by atoms with Gasteiger partial charge in [-0.1, -0.05) is 6.92 Å². The molecule has 2 rings (SSSR count). The maximum atomic E-state index is 12.2. The smallest absolute Gasteiger partial charge is 0.323 e. The number of amides is 3. The molecule has 3 amide bonds. The van der Waals surface area contributed by atoms with Crippen molar-refractivity contribution in [3.05, 3.63) is 0 Å². The van der Waals surface area contributed by atoms with Gasteiger partial charge in [0.05, 0.1) is 0 Å². The number of nitrogens with one attached hydrogen (secondary N) is 1. The van der Waals surface area contributed by atoms with Crippen molar-refractivity contribution in [3.8, 4) is 0 Å². The molecular weight excluding hydrogens is 228 g/mol. The molecular formula is C11H17ClN2O2. The number of carbonyl (C=O) groups excluding carboxylic acids is 2. The first kappa shape index (κ1) is 11.7. The molecule has 0 unspecified atom stereocenters. The molecule has 16 heavy (non-hydrogen) atoms. The molecule has 1 saturated heterocycles. The van der Waals surface area contributed by atoms with Crippen molar-refractivity contribution in [2.75, 3.05) is 12.4 Å². The minimum atomic E-state index is -0.615. The first-order chi connectivity index (χ1) is 7.59. The van der Waals surface area contributed by atoms with Crippen LogP contribution in [0.4, 0.5) is 4.79 Å². The van der Waals surface area contributed by atoms with Gasteiger partial charge in [-0.15, -0.1) is 11.6 Å². The molecule has 90 valence electrons. The van der Waals surface area contributed by atoms with Crippen LogP contribution in [0.2, 0.25) is 0 Å². The topological polar surface area (TPSA) is 49.4 Å². The quantitative estimate of drug-likeness (QED) is 0.594. The Bertz CT molecular complexity index is 311. The molecule has 0 radical (unpaired) electrons. The van der Waals surface area contributed by atoms with Crippen molar-refractivity contribution in [2.45, 2.75) is 38.1 Å². The summed E-state index contributed by atoms with van der Waals surface area (Å²) in [6.45, 7) is 2.49. The first-order valence-electron chi connectivity index (χ1n) is 5.79. The van der Waals surface area contributed by atoms with E-state index in [1.165, 1.54) is 4.90 Å². The maximum absolute atomic E-state index is 12.2. The molecule has 1 heterocycles. The number of nitrogens with zero attached hydrogens (tertiary/aromatic N) is 1. The van der Waals surface area contributed by atoms with E-state index < -0.39 is 5.54 Å². The van der Waals surface area contributed by atoms with Crippen LogP contribution >= 0.6 is 11.6 Å². The predicted octanol–water partition coefficient (Wildman–Crippen LogP) is 1.73. The zero-order valence-corrected chi connectivity index (χ0v) is 10.2. The Morgan fingerprint density at radius 3 is 2.62 bits per heavy atom. The van der Waals surface area contributed by atoms with E-state index >= 15 is 0 Å². The van der Waals surface area contributed by atoms with Gasteiger partial charge in [-0.05, 0) is 31.6 Å². The summed E-state index contributed by atoms with van der Waals surface area (Å²) >= 11 is 5.59. The van der Waals surface area contributed by atoms with Gasteiger partial charge in [0, 0.05) is 12.4 Å². The summed E-state index contributed by atoms with van der Waals surface area (Å²) in [5, 5.41) is 2.85. The highest BCUT2D eigenvalue weighted by Gasteiger charge is 2.51. The third-order valence-corrected chi connectivity index (χ3v) is 3.85. The van der Waals surface area contributed by atoms with Crippen LogP contribution in [-0.4, -0.2) is 34.8 Å². The molecule has 0 aromatic heterocycles. The molecule has 1 aliphatic heterocycles. The third kappa shape index (κ3) is 1.79. The second kappa shape index (κ2) is 4.24. The summed E-state index contributed by atoms with van der Waals surface area (Å²) in [7, 11) is 0. The number of hydrogen-bond donors (Lipinski definition) is 1. The predicted molar refractivity (Wildman–Crippen MR) is 61.3 cm³/mol. The lowest BCUT2D eigenvalue weighted by Gasteiger charge is -2.33. The Morgan fingerprint density at radius 1 is 1.44 bits per heavy atom. The lowest BCUT2D eigenvalue weighted by atomic mass is 9.77. The molecule has 0 bridgehead atoms. The Balaban J connectivity index is 2.13. The summed E-state index contributed by atoms with van der Waals surface area (Å²) in [5.41, 5.74) is -0.615. The standard InChI is InChI=1S/C11H17ClN2O2/c1-8-2-4-11(5-3-8)9(15)14(7-6-12)10(16)13-11/h8H,2-7H2,1H3,(H,13,16). The monoisotopic (exact) mass is 244 g/mol. The second-order valence-corrected chi connectivity index (χ2v) is 5.22. The van der Waals surface area contributed by atoms with Gasteiger partial charge in [-0.2, -0.15) is 0 Å². The van der Waals surface area contributed by atoms with E-state index in [0.717, 1.165) is 25.7 Å². The molecule has 1 aliphatic carbocycles. The van der Waals surface area contributed by atoms with Crippen LogP contribution in [0.15, 0.2) is 0 Å². The van der Waals surface area contributed by atoms with E-state index in [1.54, 1.807) is 0 Å². The van der Waals surface area contributed by atoms with Crippen molar-refractivity contribution in [1.82, 2.24) is 10.2 Å². The van der Waals surface area contributed by atoms with Gasteiger partial charge in [0.15, 0.2) is 0 Å². The van der Waals surface area contributed by atoms with Crippen molar-refractivity contribution in [3.63, 3.8) is 0 Å². The molecule has 4 nitrogen and oxygen atoms in total. The number of alkyl halides is 1. The maximum Gasteiger partial charge on any atom is 0.325 e. The molecule has 0 aromatic rings. The first-order valence-corrected chi connectivity index (χ1v) is 6.32. The van der Waals surface area contributed by atoms with Gasteiger partial charge in [0.1, 0.15) is 5.54 Å². The zero-order valence-electron chi connectivity index (χ0n) is 9.46. The van der Waals surface area contributed by atoms with Crippen molar-refractivity contribution in [1.29, 1.82) is 0 Å². The molecule has 0 atom stereocenters. The fourth-order valence-electron chi connectivity index (χ4n) is 2.56. The van der Waals surface area contributed by atoms with E-state index in [0.29, 0.717) is 18.3 Å². The second-order valence-electron chi connectivity index (χ2n) is 4.84.